The van der Waals surface area contributed by atoms with Gasteiger partial charge in [-0.1, -0.05) is 11.6 Å². The molecule has 0 spiro atoms. The van der Waals surface area contributed by atoms with Crippen LogP contribution in [-0.2, 0) is 0 Å². The molecule has 2 aromatic rings. The Hall–Kier alpha value is -2.47. The van der Waals surface area contributed by atoms with Gasteiger partial charge in [-0.3, -0.25) is 4.79 Å². The van der Waals surface area contributed by atoms with Gasteiger partial charge in [-0.25, -0.2) is 4.98 Å². The van der Waals surface area contributed by atoms with Gasteiger partial charge in [0.1, 0.15) is 18.4 Å². The van der Waals surface area contributed by atoms with Gasteiger partial charge in [0.05, 0.1) is 17.4 Å². The van der Waals surface area contributed by atoms with Gasteiger partial charge >= 0.3 is 0 Å². The number of rotatable bonds is 2. The number of nitrogens with two attached hydrogens (primary N) is 1. The van der Waals surface area contributed by atoms with Crippen molar-refractivity contribution in [3.05, 3.63) is 41.2 Å². The summed E-state index contributed by atoms with van der Waals surface area (Å²) in [6.45, 7) is 0.999. The van der Waals surface area contributed by atoms with Gasteiger partial charge in [0.25, 0.3) is 5.91 Å². The molecule has 1 aromatic carbocycles. The Morgan fingerprint density at radius 2 is 2.00 bits per heavy atom. The van der Waals surface area contributed by atoms with Crippen LogP contribution in [0.3, 0.4) is 0 Å². The van der Waals surface area contributed by atoms with Crippen LogP contribution in [0.5, 0.6) is 11.5 Å². The van der Waals surface area contributed by atoms with Crippen molar-refractivity contribution in [2.24, 2.45) is 0 Å². The molecule has 0 saturated carbocycles. The maximum atomic E-state index is 12.2. The van der Waals surface area contributed by atoms with E-state index in [9.17, 15) is 4.79 Å². The number of ether oxygens (including phenoxy) is 2. The van der Waals surface area contributed by atoms with Crippen LogP contribution < -0.4 is 20.5 Å². The molecular formula is C14H12ClN3O3. The molecule has 0 saturated heterocycles. The third-order valence-electron chi connectivity index (χ3n) is 2.90. The molecule has 2 heterocycles. The van der Waals surface area contributed by atoms with Crippen molar-refractivity contribution in [3.63, 3.8) is 0 Å². The normalized spacial score (nSPS) is 12.8. The summed E-state index contributed by atoms with van der Waals surface area (Å²) in [5, 5.41) is 2.82. The van der Waals surface area contributed by atoms with Crippen molar-refractivity contribution in [2.45, 2.75) is 0 Å². The van der Waals surface area contributed by atoms with Crippen molar-refractivity contribution >= 4 is 28.9 Å². The number of aromatic nitrogens is 1. The van der Waals surface area contributed by atoms with Crippen LogP contribution in [0.1, 0.15) is 10.4 Å². The highest BCUT2D eigenvalue weighted by Gasteiger charge is 2.15. The number of halogens is 1. The molecule has 1 amide bonds. The number of nitrogens with zero attached hydrogens (tertiary/aromatic N) is 1. The van der Waals surface area contributed by atoms with Gasteiger partial charge in [-0.05, 0) is 18.2 Å². The molecular weight excluding hydrogens is 294 g/mol. The predicted octanol–water partition coefficient (Wildman–Crippen LogP) is 2.34. The summed E-state index contributed by atoms with van der Waals surface area (Å²) >= 11 is 5.90. The number of nitrogen functional groups attached to an aromatic ring is 1. The molecule has 3 N–H and O–H groups in total. The molecule has 7 heteroatoms. The minimum atomic E-state index is -0.392. The maximum Gasteiger partial charge on any atom is 0.258 e. The lowest BCUT2D eigenvalue weighted by atomic mass is 10.2. The second-order valence-corrected chi connectivity index (χ2v) is 4.78. The highest BCUT2D eigenvalue weighted by Crippen LogP contribution is 2.32. The number of hydrogen-bond acceptors (Lipinski definition) is 5. The highest BCUT2D eigenvalue weighted by atomic mass is 35.5. The molecule has 0 unspecified atom stereocenters. The van der Waals surface area contributed by atoms with E-state index in [-0.39, 0.29) is 10.7 Å². The van der Waals surface area contributed by atoms with Crippen LogP contribution in [0, 0.1) is 0 Å². The first kappa shape index (κ1) is 13.5. The maximum absolute atomic E-state index is 12.2. The molecule has 1 aliphatic heterocycles. The SMILES string of the molecule is Nc1cnc(Cl)c(C(=O)Nc2ccc3c(c2)OCCO3)c1. The third kappa shape index (κ3) is 2.85. The molecule has 0 fully saturated rings. The summed E-state index contributed by atoms with van der Waals surface area (Å²) in [5.41, 5.74) is 6.77. The summed E-state index contributed by atoms with van der Waals surface area (Å²) in [7, 11) is 0. The van der Waals surface area contributed by atoms with Gasteiger partial charge in [0, 0.05) is 11.8 Å². The standard InChI is InChI=1S/C14H12ClN3O3/c15-13-10(5-8(16)7-17-13)14(19)18-9-1-2-11-12(6-9)21-4-3-20-11/h1-2,5-7H,3-4,16H2,(H,18,19). The molecule has 1 aromatic heterocycles. The molecule has 0 radical (unpaired) electrons. The summed E-state index contributed by atoms with van der Waals surface area (Å²) in [5.74, 6) is 0.857. The summed E-state index contributed by atoms with van der Waals surface area (Å²) in [6, 6.07) is 6.63. The molecule has 108 valence electrons. The summed E-state index contributed by atoms with van der Waals surface area (Å²) < 4.78 is 10.9. The van der Waals surface area contributed by atoms with Gasteiger partial charge in [-0.15, -0.1) is 0 Å². The lowest BCUT2D eigenvalue weighted by molar-refractivity contribution is 0.102. The van der Waals surface area contributed by atoms with Crippen LogP contribution in [0.2, 0.25) is 5.15 Å². The first-order valence-electron chi connectivity index (χ1n) is 6.25. The Morgan fingerprint density at radius 1 is 1.24 bits per heavy atom. The molecule has 0 atom stereocenters. The number of hydrogen-bond donors (Lipinski definition) is 2. The van der Waals surface area contributed by atoms with E-state index >= 15 is 0 Å². The Kier molecular flexibility index (Phi) is 3.53. The smallest absolute Gasteiger partial charge is 0.258 e. The lowest BCUT2D eigenvalue weighted by Gasteiger charge is -2.19. The number of carbonyl (C=O) groups excluding carboxylic acids is 1. The van der Waals surface area contributed by atoms with Crippen LogP contribution in [0.4, 0.5) is 11.4 Å². The second-order valence-electron chi connectivity index (χ2n) is 4.42. The third-order valence-corrected chi connectivity index (χ3v) is 3.21. The fourth-order valence-electron chi connectivity index (χ4n) is 1.94. The zero-order valence-corrected chi connectivity index (χ0v) is 11.7. The number of pyridine rings is 1. The summed E-state index contributed by atoms with van der Waals surface area (Å²) in [4.78, 5) is 16.0. The minimum absolute atomic E-state index is 0.0965. The Balaban J connectivity index is 1.83. The topological polar surface area (TPSA) is 86.5 Å². The van der Waals surface area contributed by atoms with Crippen LogP contribution >= 0.6 is 11.6 Å². The average molecular weight is 306 g/mol. The van der Waals surface area contributed by atoms with Crippen molar-refractivity contribution in [2.75, 3.05) is 24.3 Å². The second kappa shape index (κ2) is 5.49. The van der Waals surface area contributed by atoms with Gasteiger partial charge in [-0.2, -0.15) is 0 Å². The fraction of sp³-hybridized carbons (Fsp3) is 0.143. The quantitative estimate of drug-likeness (QED) is 0.832. The zero-order chi connectivity index (χ0) is 14.8. The number of nitrogens with one attached hydrogen (secondary N) is 1. The Morgan fingerprint density at radius 3 is 2.81 bits per heavy atom. The van der Waals surface area contributed by atoms with E-state index in [1.54, 1.807) is 18.2 Å². The molecule has 3 rings (SSSR count). The first-order valence-corrected chi connectivity index (χ1v) is 6.63. The lowest BCUT2D eigenvalue weighted by Crippen LogP contribution is -2.17. The average Bonchev–Trinajstić information content (AvgIpc) is 2.49. The highest BCUT2D eigenvalue weighted by molar-refractivity contribution is 6.33. The van der Waals surface area contributed by atoms with E-state index in [0.29, 0.717) is 36.1 Å². The molecule has 1 aliphatic rings. The van der Waals surface area contributed by atoms with Crippen molar-refractivity contribution in [1.29, 1.82) is 0 Å². The van der Waals surface area contributed by atoms with Crippen molar-refractivity contribution in [1.82, 2.24) is 4.98 Å². The van der Waals surface area contributed by atoms with E-state index in [2.05, 4.69) is 10.3 Å². The number of carbonyl (C=O) groups is 1. The van der Waals surface area contributed by atoms with Crippen LogP contribution in [0.25, 0.3) is 0 Å². The van der Waals surface area contributed by atoms with E-state index in [1.165, 1.54) is 12.3 Å². The van der Waals surface area contributed by atoms with Crippen molar-refractivity contribution < 1.29 is 14.3 Å². The Labute approximate surface area is 125 Å². The number of benzene rings is 1. The van der Waals surface area contributed by atoms with E-state index in [4.69, 9.17) is 26.8 Å². The van der Waals surface area contributed by atoms with E-state index in [0.717, 1.165) is 0 Å². The molecule has 6 nitrogen and oxygen atoms in total. The largest absolute Gasteiger partial charge is 0.486 e. The van der Waals surface area contributed by atoms with E-state index < -0.39 is 5.91 Å². The number of anilines is 2. The van der Waals surface area contributed by atoms with Crippen molar-refractivity contribution in [3.8, 4) is 11.5 Å². The van der Waals surface area contributed by atoms with Gasteiger partial charge < -0.3 is 20.5 Å². The first-order chi connectivity index (χ1) is 10.1. The monoisotopic (exact) mass is 305 g/mol. The van der Waals surface area contributed by atoms with Gasteiger partial charge in [0.15, 0.2) is 11.5 Å². The number of amides is 1. The minimum Gasteiger partial charge on any atom is -0.486 e. The van der Waals surface area contributed by atoms with E-state index in [1.807, 2.05) is 0 Å². The summed E-state index contributed by atoms with van der Waals surface area (Å²) in [6.07, 6.45) is 1.39. The molecule has 0 aliphatic carbocycles. The fourth-order valence-corrected chi connectivity index (χ4v) is 2.13. The van der Waals surface area contributed by atoms with Crippen LogP contribution in [-0.4, -0.2) is 24.1 Å². The molecule has 0 bridgehead atoms. The predicted molar refractivity (Wildman–Crippen MR) is 79.0 cm³/mol. The van der Waals surface area contributed by atoms with Gasteiger partial charge in [0.2, 0.25) is 0 Å². The number of fused-ring (bicyclic) bond motifs is 1. The van der Waals surface area contributed by atoms with Crippen LogP contribution in [0.15, 0.2) is 30.5 Å². The Bertz CT molecular complexity index is 706. The molecule has 21 heavy (non-hydrogen) atoms. The zero-order valence-electron chi connectivity index (χ0n) is 10.9.